The van der Waals surface area contributed by atoms with Gasteiger partial charge in [-0.3, -0.25) is 4.90 Å². The third-order valence-corrected chi connectivity index (χ3v) is 5.56. The molecule has 2 aliphatic heterocycles. The van der Waals surface area contributed by atoms with E-state index in [0.29, 0.717) is 6.54 Å². The minimum Gasteiger partial charge on any atom is -0.390 e. The lowest BCUT2D eigenvalue weighted by molar-refractivity contribution is -0.110. The predicted molar refractivity (Wildman–Crippen MR) is 94.5 cm³/mol. The van der Waals surface area contributed by atoms with Gasteiger partial charge in [0.1, 0.15) is 17.8 Å². The number of rotatable bonds is 5. The van der Waals surface area contributed by atoms with E-state index in [9.17, 15) is 20.4 Å². The van der Waals surface area contributed by atoms with E-state index in [0.717, 1.165) is 37.0 Å². The van der Waals surface area contributed by atoms with Crippen molar-refractivity contribution in [2.45, 2.75) is 76.9 Å². The summed E-state index contributed by atoms with van der Waals surface area (Å²) in [4.78, 5) is 2.27. The third kappa shape index (κ3) is 4.09. The van der Waals surface area contributed by atoms with E-state index in [1.807, 2.05) is 19.1 Å². The van der Waals surface area contributed by atoms with Crippen molar-refractivity contribution in [1.29, 1.82) is 0 Å². The van der Waals surface area contributed by atoms with Crippen LogP contribution >= 0.6 is 0 Å². The van der Waals surface area contributed by atoms with Crippen molar-refractivity contribution in [2.75, 3.05) is 13.1 Å². The van der Waals surface area contributed by atoms with Crippen LogP contribution in [0.5, 0.6) is 0 Å². The van der Waals surface area contributed by atoms with Gasteiger partial charge in [-0.15, -0.1) is 0 Å². The Balaban J connectivity index is 2.05. The highest BCUT2D eigenvalue weighted by atomic mass is 16.3. The molecular formula is C19H33NO4. The van der Waals surface area contributed by atoms with Gasteiger partial charge in [-0.25, -0.2) is 0 Å². The number of allylic oxidation sites excluding steroid dienone is 2. The zero-order valence-corrected chi connectivity index (χ0v) is 15.3. The minimum atomic E-state index is -1.10. The SMILES string of the molecule is C/C(=C\CC(C)/C=C1\CN2CCCC2C(C)(O)C1O)C(O)C(C)O. The van der Waals surface area contributed by atoms with Crippen molar-refractivity contribution in [3.63, 3.8) is 0 Å². The Hall–Kier alpha value is -0.720. The molecule has 138 valence electrons. The van der Waals surface area contributed by atoms with Gasteiger partial charge in [0.15, 0.2) is 0 Å². The van der Waals surface area contributed by atoms with Gasteiger partial charge in [0.05, 0.1) is 6.10 Å². The summed E-state index contributed by atoms with van der Waals surface area (Å²) in [6.45, 7) is 8.86. The Morgan fingerprint density at radius 1 is 1.38 bits per heavy atom. The van der Waals surface area contributed by atoms with Crippen LogP contribution in [0.15, 0.2) is 23.3 Å². The first-order chi connectivity index (χ1) is 11.1. The Bertz CT molecular complexity index is 498. The fraction of sp³-hybridized carbons (Fsp3) is 0.789. The van der Waals surface area contributed by atoms with Crippen LogP contribution in [-0.2, 0) is 0 Å². The Morgan fingerprint density at radius 2 is 2.04 bits per heavy atom. The molecule has 0 aromatic rings. The van der Waals surface area contributed by atoms with Crippen LogP contribution < -0.4 is 0 Å². The molecule has 0 spiro atoms. The van der Waals surface area contributed by atoms with Gasteiger partial charge in [0.25, 0.3) is 0 Å². The predicted octanol–water partition coefficient (Wildman–Crippen LogP) is 1.22. The van der Waals surface area contributed by atoms with E-state index in [2.05, 4.69) is 11.8 Å². The summed E-state index contributed by atoms with van der Waals surface area (Å²) in [6, 6.07) is 0.0447. The molecule has 6 atom stereocenters. The number of hydrogen-bond acceptors (Lipinski definition) is 5. The van der Waals surface area contributed by atoms with Crippen molar-refractivity contribution in [1.82, 2.24) is 4.90 Å². The van der Waals surface area contributed by atoms with Gasteiger partial charge in [-0.2, -0.15) is 0 Å². The second-order valence-electron chi connectivity index (χ2n) is 7.85. The van der Waals surface area contributed by atoms with Gasteiger partial charge in [-0.1, -0.05) is 19.1 Å². The second kappa shape index (κ2) is 7.67. The molecule has 5 heteroatoms. The fourth-order valence-corrected chi connectivity index (χ4v) is 4.01. The summed E-state index contributed by atoms with van der Waals surface area (Å²) < 4.78 is 0. The Morgan fingerprint density at radius 3 is 2.67 bits per heavy atom. The third-order valence-electron chi connectivity index (χ3n) is 5.56. The standard InChI is InChI=1S/C19H33NO4/c1-12(7-8-13(2)17(22)14(3)21)10-15-11-20-9-5-6-16(20)19(4,24)18(15)23/h8,10,12,14,16-18,21-24H,5-7,9,11H2,1-4H3/b13-8+,15-10+. The summed E-state index contributed by atoms with van der Waals surface area (Å²) in [6.07, 6.45) is 4.26. The summed E-state index contributed by atoms with van der Waals surface area (Å²) >= 11 is 0. The molecule has 0 bridgehead atoms. The molecule has 24 heavy (non-hydrogen) atoms. The normalized spacial score (nSPS) is 37.3. The lowest BCUT2D eigenvalue weighted by Crippen LogP contribution is -2.61. The number of hydrogen-bond donors (Lipinski definition) is 4. The van der Waals surface area contributed by atoms with Crippen LogP contribution in [0, 0.1) is 5.92 Å². The van der Waals surface area contributed by atoms with Gasteiger partial charge in [0.2, 0.25) is 0 Å². The van der Waals surface area contributed by atoms with E-state index in [1.165, 1.54) is 0 Å². The molecule has 2 saturated heterocycles. The fourth-order valence-electron chi connectivity index (χ4n) is 4.01. The molecule has 0 saturated carbocycles. The topological polar surface area (TPSA) is 84.2 Å². The summed E-state index contributed by atoms with van der Waals surface area (Å²) in [5.41, 5.74) is 0.535. The first-order valence-corrected chi connectivity index (χ1v) is 9.02. The summed E-state index contributed by atoms with van der Waals surface area (Å²) in [5, 5.41) is 40.6. The Kier molecular flexibility index (Phi) is 6.26. The van der Waals surface area contributed by atoms with Crippen molar-refractivity contribution in [3.05, 3.63) is 23.3 Å². The molecular weight excluding hydrogens is 306 g/mol. The summed E-state index contributed by atoms with van der Waals surface area (Å²) in [7, 11) is 0. The maximum Gasteiger partial charge on any atom is 0.107 e. The number of aliphatic hydroxyl groups excluding tert-OH is 3. The molecule has 2 rings (SSSR count). The molecule has 2 fully saturated rings. The molecule has 6 unspecified atom stereocenters. The maximum absolute atomic E-state index is 10.7. The molecule has 5 nitrogen and oxygen atoms in total. The van der Waals surface area contributed by atoms with Crippen LogP contribution in [0.25, 0.3) is 0 Å². The highest BCUT2D eigenvalue weighted by molar-refractivity contribution is 5.24. The molecule has 0 aliphatic carbocycles. The molecule has 0 aromatic carbocycles. The lowest BCUT2D eigenvalue weighted by Gasteiger charge is -2.46. The van der Waals surface area contributed by atoms with E-state index in [1.54, 1.807) is 13.8 Å². The smallest absolute Gasteiger partial charge is 0.107 e. The van der Waals surface area contributed by atoms with Crippen LogP contribution in [-0.4, -0.2) is 68.4 Å². The van der Waals surface area contributed by atoms with E-state index in [4.69, 9.17) is 0 Å². The van der Waals surface area contributed by atoms with Crippen LogP contribution in [0.2, 0.25) is 0 Å². The number of piperidine rings is 1. The molecule has 2 heterocycles. The first-order valence-electron chi connectivity index (χ1n) is 9.02. The van der Waals surface area contributed by atoms with Gasteiger partial charge in [-0.05, 0) is 63.6 Å². The largest absolute Gasteiger partial charge is 0.390 e. The van der Waals surface area contributed by atoms with E-state index in [-0.39, 0.29) is 12.0 Å². The van der Waals surface area contributed by atoms with Gasteiger partial charge >= 0.3 is 0 Å². The molecule has 0 amide bonds. The minimum absolute atomic E-state index is 0.0447. The van der Waals surface area contributed by atoms with Crippen LogP contribution in [0.3, 0.4) is 0 Å². The van der Waals surface area contributed by atoms with E-state index < -0.39 is 23.9 Å². The highest BCUT2D eigenvalue weighted by Crippen LogP contribution is 2.37. The monoisotopic (exact) mass is 339 g/mol. The van der Waals surface area contributed by atoms with Crippen LogP contribution in [0.1, 0.15) is 47.0 Å². The van der Waals surface area contributed by atoms with Crippen molar-refractivity contribution in [3.8, 4) is 0 Å². The van der Waals surface area contributed by atoms with E-state index >= 15 is 0 Å². The van der Waals surface area contributed by atoms with Crippen molar-refractivity contribution >= 4 is 0 Å². The van der Waals surface area contributed by atoms with Gasteiger partial charge in [0, 0.05) is 12.6 Å². The zero-order chi connectivity index (χ0) is 18.1. The van der Waals surface area contributed by atoms with Crippen LogP contribution in [0.4, 0.5) is 0 Å². The number of fused-ring (bicyclic) bond motifs is 1. The highest BCUT2D eigenvalue weighted by Gasteiger charge is 2.49. The summed E-state index contributed by atoms with van der Waals surface area (Å²) in [5.74, 6) is 0.181. The molecule has 4 N–H and O–H groups in total. The second-order valence-corrected chi connectivity index (χ2v) is 7.85. The van der Waals surface area contributed by atoms with Gasteiger partial charge < -0.3 is 20.4 Å². The van der Waals surface area contributed by atoms with Crippen molar-refractivity contribution < 1.29 is 20.4 Å². The maximum atomic E-state index is 10.7. The molecule has 2 aliphatic rings. The average Bonchev–Trinajstić information content (AvgIpc) is 2.98. The first kappa shape index (κ1) is 19.6. The lowest BCUT2D eigenvalue weighted by atomic mass is 9.80. The average molecular weight is 339 g/mol. The molecule has 0 aromatic heterocycles. The zero-order valence-electron chi connectivity index (χ0n) is 15.3. The molecule has 0 radical (unpaired) electrons. The quantitative estimate of drug-likeness (QED) is 0.566. The number of nitrogens with zero attached hydrogens (tertiary/aromatic N) is 1. The number of aliphatic hydroxyl groups is 4. The van der Waals surface area contributed by atoms with Crippen molar-refractivity contribution in [2.24, 2.45) is 5.92 Å². The Labute approximate surface area is 145 Å².